The number of carbonyl (C=O) groups excluding carboxylic acids is 2. The summed E-state index contributed by atoms with van der Waals surface area (Å²) in [5, 5.41) is 9.63. The van der Waals surface area contributed by atoms with Gasteiger partial charge in [0.15, 0.2) is 12.1 Å². The van der Waals surface area contributed by atoms with E-state index in [0.29, 0.717) is 19.3 Å². The lowest BCUT2D eigenvalue weighted by Crippen LogP contribution is -2.50. The first kappa shape index (κ1) is 56.7. The van der Waals surface area contributed by atoms with Crippen LogP contribution in [0.5, 0.6) is 0 Å². The number of quaternary nitrogens is 1. The number of ether oxygens (including phenoxy) is 3. The maximum absolute atomic E-state index is 12.8. The van der Waals surface area contributed by atoms with Crippen molar-refractivity contribution in [2.24, 2.45) is 0 Å². The predicted molar refractivity (Wildman–Crippen MR) is 256 cm³/mol. The Hall–Kier alpha value is -4.27. The summed E-state index contributed by atoms with van der Waals surface area (Å²) in [4.78, 5) is 37.0. The van der Waals surface area contributed by atoms with Crippen LogP contribution in [0.1, 0.15) is 142 Å². The largest absolute Gasteiger partial charge is 0.477 e. The quantitative estimate of drug-likeness (QED) is 0.0216. The summed E-state index contributed by atoms with van der Waals surface area (Å²) in [6.45, 7) is 4.39. The molecule has 0 aliphatic carbocycles. The molecule has 0 fully saturated rings. The van der Waals surface area contributed by atoms with E-state index >= 15 is 0 Å². The molecule has 61 heavy (non-hydrogen) atoms. The third kappa shape index (κ3) is 40.9. The van der Waals surface area contributed by atoms with Crippen LogP contribution < -0.4 is 0 Å². The lowest BCUT2D eigenvalue weighted by atomic mass is 10.1. The smallest absolute Gasteiger partial charge is 0.362 e. The lowest BCUT2D eigenvalue weighted by molar-refractivity contribution is -0.887. The molecule has 0 spiro atoms. The molecule has 0 aliphatic heterocycles. The topological polar surface area (TPSA) is 99.1 Å². The molecular weight excluding hydrogens is 763 g/mol. The minimum absolute atomic E-state index is 0.0317. The number of unbranched alkanes of at least 4 members (excludes halogenated alkanes) is 9. The van der Waals surface area contributed by atoms with Crippen molar-refractivity contribution in [1.29, 1.82) is 0 Å². The molecule has 8 nitrogen and oxygen atoms in total. The van der Waals surface area contributed by atoms with E-state index in [1.54, 1.807) is 0 Å². The monoisotopic (exact) mass is 847 g/mol. The van der Waals surface area contributed by atoms with Crippen molar-refractivity contribution in [2.45, 2.75) is 154 Å². The molecule has 0 saturated carbocycles. The highest BCUT2D eigenvalue weighted by Crippen LogP contribution is 2.13. The van der Waals surface area contributed by atoms with Crippen molar-refractivity contribution in [1.82, 2.24) is 0 Å². The van der Waals surface area contributed by atoms with Gasteiger partial charge in [-0.25, -0.2) is 4.79 Å². The SMILES string of the molecule is CC/C=C/C=C/C=C/C=C/C=C/CCCCCC(=O)OCC(COCCC(C(=O)O)[N+](C)(C)C)OC(=O)CCCCCCCC/C=C/C/C=C/C/C=C/C/C=C/C/C=C/CC. The number of hydrogen-bond acceptors (Lipinski definition) is 6. The highest BCUT2D eigenvalue weighted by atomic mass is 16.6. The molecular formula is C53H84NO7+. The molecule has 0 bridgehead atoms. The van der Waals surface area contributed by atoms with Gasteiger partial charge in [0.1, 0.15) is 6.61 Å². The van der Waals surface area contributed by atoms with E-state index in [1.165, 1.54) is 12.8 Å². The molecule has 0 aliphatic rings. The highest BCUT2D eigenvalue weighted by molar-refractivity contribution is 5.72. The van der Waals surface area contributed by atoms with E-state index in [9.17, 15) is 19.5 Å². The van der Waals surface area contributed by atoms with Gasteiger partial charge >= 0.3 is 17.9 Å². The number of allylic oxidation sites excluding steroid dienone is 20. The van der Waals surface area contributed by atoms with Gasteiger partial charge in [0, 0.05) is 19.3 Å². The number of carboxylic acids is 1. The number of likely N-dealkylation sites (N-methyl/N-ethyl adjacent to an activating group) is 1. The molecule has 0 saturated heterocycles. The minimum Gasteiger partial charge on any atom is -0.477 e. The van der Waals surface area contributed by atoms with Crippen molar-refractivity contribution in [3.8, 4) is 0 Å². The van der Waals surface area contributed by atoms with Gasteiger partial charge in [-0.2, -0.15) is 0 Å². The summed E-state index contributed by atoms with van der Waals surface area (Å²) < 4.78 is 17.2. The first-order valence-electron chi connectivity index (χ1n) is 23.1. The first-order chi connectivity index (χ1) is 29.6. The Morgan fingerprint density at radius 1 is 0.508 bits per heavy atom. The summed E-state index contributed by atoms with van der Waals surface area (Å²) in [6, 6.07) is -0.633. The van der Waals surface area contributed by atoms with Crippen LogP contribution in [-0.2, 0) is 28.6 Å². The Bertz CT molecular complexity index is 1400. The highest BCUT2D eigenvalue weighted by Gasteiger charge is 2.31. The Morgan fingerprint density at radius 2 is 0.951 bits per heavy atom. The number of nitrogens with zero attached hydrogens (tertiary/aromatic N) is 1. The molecule has 0 aromatic heterocycles. The van der Waals surface area contributed by atoms with Gasteiger partial charge in [-0.05, 0) is 77.0 Å². The van der Waals surface area contributed by atoms with Crippen LogP contribution in [0.3, 0.4) is 0 Å². The fourth-order valence-electron chi connectivity index (χ4n) is 5.96. The molecule has 0 amide bonds. The van der Waals surface area contributed by atoms with Crippen molar-refractivity contribution < 1.29 is 38.2 Å². The minimum atomic E-state index is -0.890. The summed E-state index contributed by atoms with van der Waals surface area (Å²) in [6.07, 6.45) is 59.6. The van der Waals surface area contributed by atoms with Crippen LogP contribution in [0.15, 0.2) is 122 Å². The van der Waals surface area contributed by atoms with Gasteiger partial charge in [0.25, 0.3) is 0 Å². The molecule has 1 N–H and O–H groups in total. The van der Waals surface area contributed by atoms with Crippen LogP contribution in [0.25, 0.3) is 0 Å². The lowest BCUT2D eigenvalue weighted by Gasteiger charge is -2.31. The standard InChI is InChI=1S/C53H83NO7/c1-6-8-10-12-14-16-18-20-22-23-24-25-26-27-28-30-32-34-36-38-40-42-44-52(56)61-49(47-59-46-45-50(53(57)58)54(3,4)5)48-60-51(55)43-41-39-37-35-33-31-29-21-19-17-15-13-11-9-7-2/h8-11,13-17,19-22,24-25,27-29,31,33,49-50H,6-7,12,18,23,26,30,32,34-48H2,1-5H3/p+1/b10-8+,11-9+,15-13+,16-14+,19-17+,22-20+,25-24+,28-27+,29-21+,33-31+. The Balaban J connectivity index is 4.43. The third-order valence-corrected chi connectivity index (χ3v) is 9.48. The average Bonchev–Trinajstić information content (AvgIpc) is 3.22. The van der Waals surface area contributed by atoms with Crippen LogP contribution >= 0.6 is 0 Å². The van der Waals surface area contributed by atoms with Crippen LogP contribution in [0, 0.1) is 0 Å². The van der Waals surface area contributed by atoms with Gasteiger partial charge in [-0.3, -0.25) is 9.59 Å². The normalized spacial score (nSPS) is 14.0. The maximum atomic E-state index is 12.8. The zero-order chi connectivity index (χ0) is 44.9. The van der Waals surface area contributed by atoms with Crippen molar-refractivity contribution >= 4 is 17.9 Å². The number of rotatable bonds is 39. The number of carboxylic acid groups (broad SMARTS) is 1. The molecule has 0 rings (SSSR count). The number of carbonyl (C=O) groups is 3. The van der Waals surface area contributed by atoms with Crippen molar-refractivity contribution in [3.05, 3.63) is 122 Å². The van der Waals surface area contributed by atoms with E-state index in [0.717, 1.165) is 96.3 Å². The van der Waals surface area contributed by atoms with Crippen molar-refractivity contribution in [2.75, 3.05) is 41.0 Å². The molecule has 2 unspecified atom stereocenters. The second-order valence-electron chi connectivity index (χ2n) is 16.0. The second-order valence-corrected chi connectivity index (χ2v) is 16.0. The Labute approximate surface area is 371 Å². The summed E-state index contributed by atoms with van der Waals surface area (Å²) in [7, 11) is 5.49. The fourth-order valence-corrected chi connectivity index (χ4v) is 5.96. The Kier molecular flexibility index (Phi) is 39.5. The van der Waals surface area contributed by atoms with Crippen molar-refractivity contribution in [3.63, 3.8) is 0 Å². The molecule has 2 atom stereocenters. The zero-order valence-corrected chi connectivity index (χ0v) is 38.8. The molecule has 0 radical (unpaired) electrons. The average molecular weight is 847 g/mol. The van der Waals surface area contributed by atoms with Gasteiger partial charge in [-0.15, -0.1) is 0 Å². The maximum Gasteiger partial charge on any atom is 0.362 e. The summed E-state index contributed by atoms with van der Waals surface area (Å²) in [5.74, 6) is -1.56. The molecule has 0 aromatic rings. The fraction of sp³-hybridized carbons (Fsp3) is 0.566. The van der Waals surface area contributed by atoms with E-state index in [2.05, 4.69) is 86.8 Å². The first-order valence-corrected chi connectivity index (χ1v) is 23.1. The van der Waals surface area contributed by atoms with E-state index < -0.39 is 18.1 Å². The number of hydrogen-bond donors (Lipinski definition) is 1. The molecule has 8 heteroatoms. The zero-order valence-electron chi connectivity index (χ0n) is 38.8. The van der Waals surface area contributed by atoms with Gasteiger partial charge in [-0.1, -0.05) is 167 Å². The van der Waals surface area contributed by atoms with Gasteiger partial charge < -0.3 is 23.8 Å². The van der Waals surface area contributed by atoms with Crippen LogP contribution in [-0.4, -0.2) is 80.6 Å². The van der Waals surface area contributed by atoms with E-state index in [4.69, 9.17) is 14.2 Å². The summed E-state index contributed by atoms with van der Waals surface area (Å²) in [5.41, 5.74) is 0. The third-order valence-electron chi connectivity index (χ3n) is 9.48. The number of esters is 2. The molecule has 0 heterocycles. The van der Waals surface area contributed by atoms with Crippen LogP contribution in [0.2, 0.25) is 0 Å². The molecule has 0 aromatic carbocycles. The van der Waals surface area contributed by atoms with E-state index in [1.807, 2.05) is 69.8 Å². The van der Waals surface area contributed by atoms with E-state index in [-0.39, 0.29) is 36.2 Å². The molecule has 342 valence electrons. The van der Waals surface area contributed by atoms with Gasteiger partial charge in [0.05, 0.1) is 34.4 Å². The summed E-state index contributed by atoms with van der Waals surface area (Å²) >= 11 is 0. The number of aliphatic carboxylic acids is 1. The predicted octanol–water partition coefficient (Wildman–Crippen LogP) is 13.0. The Morgan fingerprint density at radius 3 is 1.49 bits per heavy atom. The van der Waals surface area contributed by atoms with Gasteiger partial charge in [0.2, 0.25) is 0 Å². The second kappa shape index (κ2) is 42.4. The van der Waals surface area contributed by atoms with Crippen LogP contribution in [0.4, 0.5) is 0 Å².